The first-order valence-corrected chi connectivity index (χ1v) is 10.4. The van der Waals surface area contributed by atoms with E-state index in [-0.39, 0.29) is 11.8 Å². The molecule has 1 aliphatic heterocycles. The number of benzene rings is 2. The minimum Gasteiger partial charge on any atom is -0.370 e. The highest BCUT2D eigenvalue weighted by Gasteiger charge is 2.27. The Hall–Kier alpha value is -3.19. The van der Waals surface area contributed by atoms with Gasteiger partial charge in [0.25, 0.3) is 0 Å². The molecule has 6 nitrogen and oxygen atoms in total. The zero-order valence-corrected chi connectivity index (χ0v) is 18.1. The van der Waals surface area contributed by atoms with Crippen LogP contribution in [0.4, 0.5) is 14.9 Å². The van der Waals surface area contributed by atoms with Gasteiger partial charge in [-0.3, -0.25) is 4.68 Å². The zero-order valence-electron chi connectivity index (χ0n) is 18.1. The van der Waals surface area contributed by atoms with E-state index in [0.717, 1.165) is 45.7 Å². The second-order valence-electron chi connectivity index (χ2n) is 7.97. The lowest BCUT2D eigenvalue weighted by Gasteiger charge is -2.28. The molecule has 2 heterocycles. The van der Waals surface area contributed by atoms with Gasteiger partial charge in [-0.25, -0.2) is 9.18 Å². The number of anilines is 1. The molecule has 1 aromatic heterocycles. The van der Waals surface area contributed by atoms with Gasteiger partial charge in [-0.1, -0.05) is 24.3 Å². The van der Waals surface area contributed by atoms with Crippen LogP contribution in [-0.4, -0.2) is 27.3 Å². The van der Waals surface area contributed by atoms with Crippen molar-refractivity contribution in [2.75, 3.05) is 11.9 Å². The number of hydrogen-bond donors (Lipinski definition) is 1. The van der Waals surface area contributed by atoms with Crippen molar-refractivity contribution in [1.29, 1.82) is 0 Å². The van der Waals surface area contributed by atoms with Gasteiger partial charge in [0, 0.05) is 37.0 Å². The number of nitrogens with zero attached hydrogens (tertiary/aromatic N) is 3. The van der Waals surface area contributed by atoms with E-state index >= 15 is 0 Å². The van der Waals surface area contributed by atoms with Crippen molar-refractivity contribution < 1.29 is 13.9 Å². The van der Waals surface area contributed by atoms with Crippen LogP contribution < -0.4 is 5.32 Å². The van der Waals surface area contributed by atoms with Crippen molar-refractivity contribution in [3.63, 3.8) is 0 Å². The SMILES string of the molecule is Cc1cccc(NC(=O)N2CCc3c(c(COCc4cccc(F)c4)nn3C)C2)c1C. The van der Waals surface area contributed by atoms with Crippen LogP contribution in [0.2, 0.25) is 0 Å². The van der Waals surface area contributed by atoms with Gasteiger partial charge in [-0.15, -0.1) is 0 Å². The lowest BCUT2D eigenvalue weighted by molar-refractivity contribution is 0.103. The van der Waals surface area contributed by atoms with Gasteiger partial charge < -0.3 is 15.0 Å². The summed E-state index contributed by atoms with van der Waals surface area (Å²) in [6, 6.07) is 12.2. The lowest BCUT2D eigenvalue weighted by atomic mass is 10.1. The van der Waals surface area contributed by atoms with Crippen molar-refractivity contribution in [2.45, 2.75) is 40.0 Å². The van der Waals surface area contributed by atoms with Gasteiger partial charge in [-0.2, -0.15) is 5.10 Å². The van der Waals surface area contributed by atoms with Crippen LogP contribution in [0.5, 0.6) is 0 Å². The molecule has 7 heteroatoms. The van der Waals surface area contributed by atoms with Crippen LogP contribution in [-0.2, 0) is 38.0 Å². The average molecular weight is 423 g/mol. The molecule has 0 saturated heterocycles. The Kier molecular flexibility index (Phi) is 6.04. The van der Waals surface area contributed by atoms with Crippen LogP contribution in [0.25, 0.3) is 0 Å². The Balaban J connectivity index is 1.43. The highest BCUT2D eigenvalue weighted by molar-refractivity contribution is 5.90. The minimum atomic E-state index is -0.276. The number of aromatic nitrogens is 2. The molecule has 1 N–H and O–H groups in total. The van der Waals surface area contributed by atoms with Crippen LogP contribution in [0.15, 0.2) is 42.5 Å². The Morgan fingerprint density at radius 3 is 2.81 bits per heavy atom. The summed E-state index contributed by atoms with van der Waals surface area (Å²) in [5, 5.41) is 7.64. The number of nitrogens with one attached hydrogen (secondary N) is 1. The Bertz CT molecular complexity index is 1110. The lowest BCUT2D eigenvalue weighted by Crippen LogP contribution is -2.39. The summed E-state index contributed by atoms with van der Waals surface area (Å²) >= 11 is 0. The predicted molar refractivity (Wildman–Crippen MR) is 117 cm³/mol. The van der Waals surface area contributed by atoms with E-state index in [1.54, 1.807) is 6.07 Å². The maximum atomic E-state index is 13.4. The number of fused-ring (bicyclic) bond motifs is 1. The summed E-state index contributed by atoms with van der Waals surface area (Å²) in [6.45, 7) is 5.77. The van der Waals surface area contributed by atoms with Gasteiger partial charge in [0.05, 0.1) is 25.5 Å². The molecule has 0 fully saturated rings. The molecule has 4 rings (SSSR count). The van der Waals surface area contributed by atoms with Crippen molar-refractivity contribution in [2.24, 2.45) is 7.05 Å². The quantitative estimate of drug-likeness (QED) is 0.659. The molecule has 0 unspecified atom stereocenters. The second kappa shape index (κ2) is 8.89. The number of carbonyl (C=O) groups is 1. The fraction of sp³-hybridized carbons (Fsp3) is 0.333. The number of aryl methyl sites for hydroxylation is 2. The molecular formula is C24H27FN4O2. The summed E-state index contributed by atoms with van der Waals surface area (Å²) in [5.74, 6) is -0.276. The van der Waals surface area contributed by atoms with Crippen LogP contribution in [0.3, 0.4) is 0 Å². The monoisotopic (exact) mass is 422 g/mol. The van der Waals surface area contributed by atoms with Crippen molar-refractivity contribution in [3.8, 4) is 0 Å². The van der Waals surface area contributed by atoms with Gasteiger partial charge >= 0.3 is 6.03 Å². The molecule has 31 heavy (non-hydrogen) atoms. The van der Waals surface area contributed by atoms with E-state index in [9.17, 15) is 9.18 Å². The van der Waals surface area contributed by atoms with E-state index in [4.69, 9.17) is 4.74 Å². The number of hydrogen-bond acceptors (Lipinski definition) is 3. The molecule has 2 aromatic carbocycles. The maximum absolute atomic E-state index is 13.4. The summed E-state index contributed by atoms with van der Waals surface area (Å²) in [7, 11) is 1.92. The third kappa shape index (κ3) is 4.61. The topological polar surface area (TPSA) is 59.4 Å². The maximum Gasteiger partial charge on any atom is 0.322 e. The highest BCUT2D eigenvalue weighted by Crippen LogP contribution is 2.25. The van der Waals surface area contributed by atoms with Crippen molar-refractivity contribution in [1.82, 2.24) is 14.7 Å². The normalized spacial score (nSPS) is 13.2. The van der Waals surface area contributed by atoms with Crippen LogP contribution in [0, 0.1) is 19.7 Å². The molecule has 0 aliphatic carbocycles. The number of ether oxygens (including phenoxy) is 1. The first-order valence-electron chi connectivity index (χ1n) is 10.4. The summed E-state index contributed by atoms with van der Waals surface area (Å²) in [5.41, 5.74) is 6.80. The van der Waals surface area contributed by atoms with Gasteiger partial charge in [0.2, 0.25) is 0 Å². The second-order valence-corrected chi connectivity index (χ2v) is 7.97. The first-order chi connectivity index (χ1) is 14.9. The third-order valence-corrected chi connectivity index (χ3v) is 5.86. The zero-order chi connectivity index (χ0) is 22.0. The molecule has 0 saturated carbocycles. The summed E-state index contributed by atoms with van der Waals surface area (Å²) in [4.78, 5) is 14.7. The standard InChI is InChI=1S/C24H27FN4O2/c1-16-6-4-9-21(17(16)2)26-24(30)29-11-10-23-20(13-29)22(27-28(23)3)15-31-14-18-7-5-8-19(25)12-18/h4-9,12H,10-11,13-15H2,1-3H3,(H,26,30). The molecule has 0 atom stereocenters. The van der Waals surface area contributed by atoms with Crippen molar-refractivity contribution >= 4 is 11.7 Å². The van der Waals surface area contributed by atoms with Gasteiger partial charge in [0.1, 0.15) is 5.82 Å². The molecule has 1 aliphatic rings. The number of amides is 2. The number of urea groups is 1. The summed E-state index contributed by atoms with van der Waals surface area (Å²) in [6.07, 6.45) is 0.739. The Morgan fingerprint density at radius 1 is 1.19 bits per heavy atom. The molecule has 0 radical (unpaired) electrons. The van der Waals surface area contributed by atoms with Gasteiger partial charge in [0.15, 0.2) is 0 Å². The van der Waals surface area contributed by atoms with E-state index in [2.05, 4.69) is 10.4 Å². The molecule has 0 bridgehead atoms. The number of rotatable bonds is 5. The smallest absolute Gasteiger partial charge is 0.322 e. The van der Waals surface area contributed by atoms with Crippen LogP contribution >= 0.6 is 0 Å². The minimum absolute atomic E-state index is 0.116. The molecule has 2 amide bonds. The summed E-state index contributed by atoms with van der Waals surface area (Å²) < 4.78 is 21.0. The van der Waals surface area contributed by atoms with E-state index < -0.39 is 0 Å². The van der Waals surface area contributed by atoms with E-state index in [0.29, 0.717) is 26.3 Å². The van der Waals surface area contributed by atoms with Crippen molar-refractivity contribution in [3.05, 3.63) is 81.9 Å². The van der Waals surface area contributed by atoms with E-state index in [1.165, 1.54) is 12.1 Å². The van der Waals surface area contributed by atoms with E-state index in [1.807, 2.05) is 54.7 Å². The molecular weight excluding hydrogens is 395 g/mol. The average Bonchev–Trinajstić information content (AvgIpc) is 3.06. The fourth-order valence-electron chi connectivity index (χ4n) is 3.93. The van der Waals surface area contributed by atoms with Crippen LogP contribution in [0.1, 0.15) is 33.6 Å². The largest absolute Gasteiger partial charge is 0.370 e. The fourth-order valence-corrected chi connectivity index (χ4v) is 3.93. The molecule has 162 valence electrons. The predicted octanol–water partition coefficient (Wildman–Crippen LogP) is 4.48. The number of halogens is 1. The first kappa shape index (κ1) is 21.1. The number of carbonyl (C=O) groups excluding carboxylic acids is 1. The molecule has 0 spiro atoms. The molecule has 3 aromatic rings. The Morgan fingerprint density at radius 2 is 2.00 bits per heavy atom. The highest BCUT2D eigenvalue weighted by atomic mass is 19.1. The van der Waals surface area contributed by atoms with Gasteiger partial charge in [-0.05, 0) is 48.7 Å². The Labute approximate surface area is 181 Å². The third-order valence-electron chi connectivity index (χ3n) is 5.86.